The van der Waals surface area contributed by atoms with Gasteiger partial charge in [-0.05, 0) is 38.5 Å². The number of carbonyl (C=O) groups excluding carboxylic acids is 3. The SMILES string of the molecule is CCN(CC)C(=O)c1sc(NC(=O)c2ccccc2F)c(C(=O)OC)c1C. The number of esters is 1. The topological polar surface area (TPSA) is 75.7 Å². The van der Waals surface area contributed by atoms with E-state index in [1.165, 1.54) is 31.4 Å². The third kappa shape index (κ3) is 4.16. The summed E-state index contributed by atoms with van der Waals surface area (Å²) in [6.45, 7) is 6.35. The molecular formula is C19H21FN2O4S. The molecule has 0 unspecified atom stereocenters. The fraction of sp³-hybridized carbons (Fsp3) is 0.316. The van der Waals surface area contributed by atoms with Crippen molar-refractivity contribution >= 4 is 34.1 Å². The average molecular weight is 392 g/mol. The Morgan fingerprint density at radius 3 is 2.37 bits per heavy atom. The lowest BCUT2D eigenvalue weighted by atomic mass is 10.1. The molecule has 0 aliphatic carbocycles. The van der Waals surface area contributed by atoms with Crippen LogP contribution in [0.1, 0.15) is 49.8 Å². The molecule has 1 aromatic carbocycles. The Kier molecular flexibility index (Phi) is 6.68. The van der Waals surface area contributed by atoms with E-state index in [2.05, 4.69) is 5.32 Å². The number of nitrogens with one attached hydrogen (secondary N) is 1. The number of methoxy groups -OCH3 is 1. The van der Waals surface area contributed by atoms with Crippen LogP contribution in [0.25, 0.3) is 0 Å². The van der Waals surface area contributed by atoms with Gasteiger partial charge in [-0.25, -0.2) is 9.18 Å². The second-order valence-electron chi connectivity index (χ2n) is 5.66. The molecule has 0 radical (unpaired) electrons. The smallest absolute Gasteiger partial charge is 0.341 e. The first kappa shape index (κ1) is 20.6. The third-order valence-corrected chi connectivity index (χ3v) is 5.32. The first-order chi connectivity index (χ1) is 12.8. The largest absolute Gasteiger partial charge is 0.465 e. The minimum absolute atomic E-state index is 0.0997. The quantitative estimate of drug-likeness (QED) is 0.761. The highest BCUT2D eigenvalue weighted by molar-refractivity contribution is 7.18. The van der Waals surface area contributed by atoms with Crippen LogP contribution in [0.15, 0.2) is 24.3 Å². The Hall–Kier alpha value is -2.74. The molecule has 144 valence electrons. The summed E-state index contributed by atoms with van der Waals surface area (Å²) < 4.78 is 18.7. The molecule has 0 atom stereocenters. The van der Waals surface area contributed by atoms with Crippen LogP contribution in [0.2, 0.25) is 0 Å². The van der Waals surface area contributed by atoms with Crippen LogP contribution in [0.5, 0.6) is 0 Å². The van der Waals surface area contributed by atoms with E-state index in [9.17, 15) is 18.8 Å². The van der Waals surface area contributed by atoms with Gasteiger partial charge in [0.15, 0.2) is 0 Å². The van der Waals surface area contributed by atoms with Gasteiger partial charge in [0.25, 0.3) is 11.8 Å². The number of anilines is 1. The van der Waals surface area contributed by atoms with Gasteiger partial charge in [-0.3, -0.25) is 9.59 Å². The summed E-state index contributed by atoms with van der Waals surface area (Å²) in [6.07, 6.45) is 0. The number of nitrogens with zero attached hydrogens (tertiary/aromatic N) is 1. The Labute approximate surface area is 160 Å². The zero-order valence-electron chi connectivity index (χ0n) is 15.6. The van der Waals surface area contributed by atoms with E-state index in [0.29, 0.717) is 23.5 Å². The van der Waals surface area contributed by atoms with Crippen LogP contribution in [0.3, 0.4) is 0 Å². The maximum absolute atomic E-state index is 13.9. The molecule has 2 aromatic rings. The van der Waals surface area contributed by atoms with Crippen molar-refractivity contribution in [3.8, 4) is 0 Å². The van der Waals surface area contributed by atoms with E-state index in [-0.39, 0.29) is 22.0 Å². The van der Waals surface area contributed by atoms with Crippen molar-refractivity contribution in [1.29, 1.82) is 0 Å². The van der Waals surface area contributed by atoms with Gasteiger partial charge in [-0.1, -0.05) is 12.1 Å². The van der Waals surface area contributed by atoms with Gasteiger partial charge in [-0.15, -0.1) is 11.3 Å². The zero-order chi connectivity index (χ0) is 20.1. The summed E-state index contributed by atoms with van der Waals surface area (Å²) in [4.78, 5) is 39.3. The van der Waals surface area contributed by atoms with E-state index in [0.717, 1.165) is 11.3 Å². The number of thiophene rings is 1. The first-order valence-corrected chi connectivity index (χ1v) is 9.24. The van der Waals surface area contributed by atoms with Crippen molar-refractivity contribution in [2.45, 2.75) is 20.8 Å². The van der Waals surface area contributed by atoms with Gasteiger partial charge >= 0.3 is 5.97 Å². The first-order valence-electron chi connectivity index (χ1n) is 8.42. The average Bonchev–Trinajstić information content (AvgIpc) is 2.98. The summed E-state index contributed by atoms with van der Waals surface area (Å²) in [5, 5.41) is 2.70. The zero-order valence-corrected chi connectivity index (χ0v) is 16.4. The molecule has 0 bridgehead atoms. The summed E-state index contributed by atoms with van der Waals surface area (Å²) >= 11 is 0.979. The number of ether oxygens (including phenoxy) is 1. The summed E-state index contributed by atoms with van der Waals surface area (Å²) in [5.74, 6) is -2.30. The molecule has 0 fully saturated rings. The fourth-order valence-corrected chi connectivity index (χ4v) is 3.78. The number of hydrogen-bond acceptors (Lipinski definition) is 5. The minimum atomic E-state index is -0.707. The van der Waals surface area contributed by atoms with Crippen molar-refractivity contribution in [2.24, 2.45) is 0 Å². The van der Waals surface area contributed by atoms with Gasteiger partial charge in [0, 0.05) is 13.1 Å². The lowest BCUT2D eigenvalue weighted by Gasteiger charge is -2.17. The highest BCUT2D eigenvalue weighted by Gasteiger charge is 2.28. The van der Waals surface area contributed by atoms with E-state index < -0.39 is 17.7 Å². The highest BCUT2D eigenvalue weighted by Crippen LogP contribution is 2.35. The number of halogens is 1. The second-order valence-corrected chi connectivity index (χ2v) is 6.68. The van der Waals surface area contributed by atoms with Crippen LogP contribution in [-0.4, -0.2) is 42.9 Å². The molecule has 8 heteroatoms. The molecule has 0 spiro atoms. The van der Waals surface area contributed by atoms with Gasteiger partial charge in [0.05, 0.1) is 23.1 Å². The highest BCUT2D eigenvalue weighted by atomic mass is 32.1. The molecule has 1 heterocycles. The normalized spacial score (nSPS) is 10.4. The van der Waals surface area contributed by atoms with Crippen molar-refractivity contribution in [3.63, 3.8) is 0 Å². The molecule has 0 saturated heterocycles. The van der Waals surface area contributed by atoms with Crippen LogP contribution in [-0.2, 0) is 4.74 Å². The summed E-state index contributed by atoms with van der Waals surface area (Å²) in [5.41, 5.74) is 0.367. The summed E-state index contributed by atoms with van der Waals surface area (Å²) in [7, 11) is 1.22. The van der Waals surface area contributed by atoms with Crippen LogP contribution < -0.4 is 5.32 Å². The lowest BCUT2D eigenvalue weighted by molar-refractivity contribution is 0.0601. The molecule has 27 heavy (non-hydrogen) atoms. The standard InChI is InChI=1S/C19H21FN2O4S/c1-5-22(6-2)18(24)15-11(3)14(19(25)26-4)17(27-15)21-16(23)12-9-7-8-10-13(12)20/h7-10H,5-6H2,1-4H3,(H,21,23). The van der Waals surface area contributed by atoms with E-state index in [4.69, 9.17) is 4.74 Å². The van der Waals surface area contributed by atoms with Crippen LogP contribution >= 0.6 is 11.3 Å². The molecule has 1 N–H and O–H groups in total. The number of amides is 2. The minimum Gasteiger partial charge on any atom is -0.465 e. The Balaban J connectivity index is 2.47. The van der Waals surface area contributed by atoms with E-state index in [1.54, 1.807) is 11.8 Å². The predicted molar refractivity (Wildman–Crippen MR) is 102 cm³/mol. The van der Waals surface area contributed by atoms with Crippen LogP contribution in [0.4, 0.5) is 9.39 Å². The Bertz CT molecular complexity index is 875. The maximum atomic E-state index is 13.9. The number of carbonyl (C=O) groups is 3. The maximum Gasteiger partial charge on any atom is 0.341 e. The van der Waals surface area contributed by atoms with Crippen molar-refractivity contribution in [1.82, 2.24) is 4.90 Å². The van der Waals surface area contributed by atoms with Crippen LogP contribution in [0, 0.1) is 12.7 Å². The second kappa shape index (κ2) is 8.77. The third-order valence-electron chi connectivity index (χ3n) is 4.13. The number of hydrogen-bond donors (Lipinski definition) is 1. The van der Waals surface area contributed by atoms with Gasteiger partial charge in [0.1, 0.15) is 10.8 Å². The molecule has 6 nitrogen and oxygen atoms in total. The van der Waals surface area contributed by atoms with Crippen molar-refractivity contribution in [3.05, 3.63) is 51.7 Å². The molecule has 2 amide bonds. The molecule has 1 aromatic heterocycles. The van der Waals surface area contributed by atoms with Crippen molar-refractivity contribution in [2.75, 3.05) is 25.5 Å². The summed E-state index contributed by atoms with van der Waals surface area (Å²) in [6, 6.07) is 5.52. The molecule has 0 aliphatic rings. The predicted octanol–water partition coefficient (Wildman–Crippen LogP) is 3.72. The Morgan fingerprint density at radius 2 is 1.81 bits per heavy atom. The number of benzene rings is 1. The monoisotopic (exact) mass is 392 g/mol. The molecule has 0 aliphatic heterocycles. The van der Waals surface area contributed by atoms with E-state index >= 15 is 0 Å². The molecule has 2 rings (SSSR count). The fourth-order valence-electron chi connectivity index (χ4n) is 2.62. The van der Waals surface area contributed by atoms with Gasteiger partial charge in [0.2, 0.25) is 0 Å². The Morgan fingerprint density at radius 1 is 1.19 bits per heavy atom. The van der Waals surface area contributed by atoms with Gasteiger partial charge in [-0.2, -0.15) is 0 Å². The molecular weight excluding hydrogens is 371 g/mol. The lowest BCUT2D eigenvalue weighted by Crippen LogP contribution is -2.30. The van der Waals surface area contributed by atoms with E-state index in [1.807, 2.05) is 13.8 Å². The number of rotatable bonds is 6. The van der Waals surface area contributed by atoms with Crippen molar-refractivity contribution < 1.29 is 23.5 Å². The van der Waals surface area contributed by atoms with Gasteiger partial charge < -0.3 is 15.0 Å². The molecule has 0 saturated carbocycles.